The minimum Gasteiger partial charge on any atom is -0.494 e. The Morgan fingerprint density at radius 3 is 2.74 bits per heavy atom. The number of carbonyl (C=O) groups is 1. The fraction of sp³-hybridized carbons (Fsp3) is 0.227. The Bertz CT molecular complexity index is 1310. The summed E-state index contributed by atoms with van der Waals surface area (Å²) in [6.45, 7) is 4.24. The van der Waals surface area contributed by atoms with Crippen LogP contribution in [0.15, 0.2) is 36.4 Å². The van der Waals surface area contributed by atoms with E-state index < -0.39 is 17.6 Å². The standard InChI is InChI=1S/C22H18F2N4O2S/c1-3-30-12-7-8-16-17(9-12)31-22(25-16)28-21-19(11(2)27-28)13(10-18(29)26-21)20-14(23)5-4-6-15(20)24/h4-9,13H,3,10H2,1-2H3,(H,26,29)/t13-/m0/s1. The van der Waals surface area contributed by atoms with Gasteiger partial charge >= 0.3 is 0 Å². The summed E-state index contributed by atoms with van der Waals surface area (Å²) in [5.41, 5.74) is 1.82. The van der Waals surface area contributed by atoms with Crippen LogP contribution in [0.1, 0.15) is 36.1 Å². The van der Waals surface area contributed by atoms with E-state index in [0.29, 0.717) is 28.8 Å². The van der Waals surface area contributed by atoms with Crippen LogP contribution in [0.2, 0.25) is 0 Å². The van der Waals surface area contributed by atoms with Gasteiger partial charge in [0.15, 0.2) is 0 Å². The lowest BCUT2D eigenvalue weighted by Crippen LogP contribution is -2.26. The van der Waals surface area contributed by atoms with Gasteiger partial charge in [-0.15, -0.1) is 0 Å². The topological polar surface area (TPSA) is 69.0 Å². The van der Waals surface area contributed by atoms with Crippen molar-refractivity contribution in [3.05, 3.63) is 64.9 Å². The van der Waals surface area contributed by atoms with Gasteiger partial charge in [0.25, 0.3) is 0 Å². The first-order valence-corrected chi connectivity index (χ1v) is 10.6. The maximum atomic E-state index is 14.5. The highest BCUT2D eigenvalue weighted by molar-refractivity contribution is 7.20. The molecule has 0 unspecified atom stereocenters. The van der Waals surface area contributed by atoms with Crippen LogP contribution in [-0.2, 0) is 4.79 Å². The SMILES string of the molecule is CCOc1ccc2nc(-n3nc(C)c4c3NC(=O)C[C@@H]4c3c(F)cccc3F)sc2c1. The molecule has 6 nitrogen and oxygen atoms in total. The molecule has 0 bridgehead atoms. The molecule has 1 aliphatic heterocycles. The summed E-state index contributed by atoms with van der Waals surface area (Å²) < 4.78 is 37.1. The number of nitrogens with one attached hydrogen (secondary N) is 1. The first-order chi connectivity index (χ1) is 15.0. The number of aryl methyl sites for hydroxylation is 1. The van der Waals surface area contributed by atoms with Crippen LogP contribution in [0.4, 0.5) is 14.6 Å². The number of amides is 1. The number of hydrogen-bond donors (Lipinski definition) is 1. The van der Waals surface area contributed by atoms with Gasteiger partial charge in [0.1, 0.15) is 23.2 Å². The number of fused-ring (bicyclic) bond motifs is 2. The molecule has 1 amide bonds. The molecule has 1 aliphatic rings. The molecule has 0 fully saturated rings. The Balaban J connectivity index is 1.65. The Hall–Kier alpha value is -3.33. The number of rotatable bonds is 4. The summed E-state index contributed by atoms with van der Waals surface area (Å²) in [6, 6.07) is 9.32. The zero-order chi connectivity index (χ0) is 21.7. The molecule has 5 rings (SSSR count). The number of carbonyl (C=O) groups excluding carboxylic acids is 1. The van der Waals surface area contributed by atoms with Gasteiger partial charge in [-0.05, 0) is 44.2 Å². The van der Waals surface area contributed by atoms with Crippen LogP contribution >= 0.6 is 11.3 Å². The summed E-state index contributed by atoms with van der Waals surface area (Å²) in [5, 5.41) is 7.93. The minimum atomic E-state index is -0.766. The molecule has 31 heavy (non-hydrogen) atoms. The highest BCUT2D eigenvalue weighted by atomic mass is 32.1. The van der Waals surface area contributed by atoms with Crippen molar-refractivity contribution in [3.8, 4) is 10.9 Å². The Morgan fingerprint density at radius 2 is 2.00 bits per heavy atom. The Morgan fingerprint density at radius 1 is 1.23 bits per heavy atom. The third kappa shape index (κ3) is 3.25. The fourth-order valence-corrected chi connectivity index (χ4v) is 4.97. The number of halogens is 2. The van der Waals surface area contributed by atoms with Crippen molar-refractivity contribution in [2.24, 2.45) is 0 Å². The number of ether oxygens (including phenoxy) is 1. The van der Waals surface area contributed by atoms with E-state index >= 15 is 0 Å². The highest BCUT2D eigenvalue weighted by Gasteiger charge is 2.36. The van der Waals surface area contributed by atoms with E-state index in [1.165, 1.54) is 29.5 Å². The largest absolute Gasteiger partial charge is 0.494 e. The zero-order valence-electron chi connectivity index (χ0n) is 16.8. The van der Waals surface area contributed by atoms with Crippen molar-refractivity contribution in [1.82, 2.24) is 14.8 Å². The normalized spacial score (nSPS) is 15.7. The molecule has 2 aromatic heterocycles. The van der Waals surface area contributed by atoms with Crippen LogP contribution in [0.25, 0.3) is 15.3 Å². The molecule has 0 saturated heterocycles. The third-order valence-electron chi connectivity index (χ3n) is 5.29. The van der Waals surface area contributed by atoms with Crippen molar-refractivity contribution in [2.75, 3.05) is 11.9 Å². The average Bonchev–Trinajstić information content (AvgIpc) is 3.28. The molecule has 2 aromatic carbocycles. The highest BCUT2D eigenvalue weighted by Crippen LogP contribution is 2.42. The molecular formula is C22H18F2N4O2S. The van der Waals surface area contributed by atoms with E-state index in [9.17, 15) is 13.6 Å². The molecule has 4 aromatic rings. The second-order valence-electron chi connectivity index (χ2n) is 7.26. The van der Waals surface area contributed by atoms with E-state index in [4.69, 9.17) is 4.74 Å². The zero-order valence-corrected chi connectivity index (χ0v) is 17.6. The lowest BCUT2D eigenvalue weighted by Gasteiger charge is -2.24. The fourth-order valence-electron chi connectivity index (χ4n) is 4.02. The van der Waals surface area contributed by atoms with Crippen LogP contribution in [0.5, 0.6) is 5.75 Å². The molecule has 0 radical (unpaired) electrons. The van der Waals surface area contributed by atoms with E-state index in [0.717, 1.165) is 16.0 Å². The van der Waals surface area contributed by atoms with Crippen molar-refractivity contribution in [3.63, 3.8) is 0 Å². The maximum Gasteiger partial charge on any atom is 0.226 e. The monoisotopic (exact) mass is 440 g/mol. The number of nitrogens with zero attached hydrogens (tertiary/aromatic N) is 3. The molecule has 1 N–H and O–H groups in total. The quantitative estimate of drug-likeness (QED) is 0.488. The van der Waals surface area contributed by atoms with Crippen LogP contribution in [0, 0.1) is 18.6 Å². The number of anilines is 1. The van der Waals surface area contributed by atoms with Crippen LogP contribution in [0.3, 0.4) is 0 Å². The summed E-state index contributed by atoms with van der Waals surface area (Å²) in [5.74, 6) is -1.32. The summed E-state index contributed by atoms with van der Waals surface area (Å²) in [7, 11) is 0. The van der Waals surface area contributed by atoms with Crippen molar-refractivity contribution in [2.45, 2.75) is 26.2 Å². The number of hydrogen-bond acceptors (Lipinski definition) is 5. The van der Waals surface area contributed by atoms with Gasteiger partial charge in [0, 0.05) is 23.5 Å². The first-order valence-electron chi connectivity index (χ1n) is 9.83. The summed E-state index contributed by atoms with van der Waals surface area (Å²) in [4.78, 5) is 17.1. The van der Waals surface area contributed by atoms with E-state index in [1.54, 1.807) is 11.6 Å². The van der Waals surface area contributed by atoms with Crippen molar-refractivity contribution in [1.29, 1.82) is 0 Å². The van der Waals surface area contributed by atoms with Crippen molar-refractivity contribution < 1.29 is 18.3 Å². The molecule has 1 atom stereocenters. The van der Waals surface area contributed by atoms with Gasteiger partial charge in [0.05, 0.1) is 22.5 Å². The predicted molar refractivity (Wildman–Crippen MR) is 114 cm³/mol. The molecule has 0 spiro atoms. The van der Waals surface area contributed by atoms with Gasteiger partial charge < -0.3 is 10.1 Å². The van der Waals surface area contributed by atoms with Gasteiger partial charge in [-0.3, -0.25) is 4.79 Å². The lowest BCUT2D eigenvalue weighted by atomic mass is 9.85. The third-order valence-corrected chi connectivity index (χ3v) is 6.29. The number of aromatic nitrogens is 3. The smallest absolute Gasteiger partial charge is 0.226 e. The van der Waals surface area contributed by atoms with Crippen molar-refractivity contribution >= 4 is 33.3 Å². The number of benzene rings is 2. The molecule has 3 heterocycles. The van der Waals surface area contributed by atoms with Gasteiger partial charge in [-0.1, -0.05) is 17.4 Å². The average molecular weight is 440 g/mol. The molecule has 0 aliphatic carbocycles. The van der Waals surface area contributed by atoms with E-state index in [1.807, 2.05) is 25.1 Å². The van der Waals surface area contributed by atoms with E-state index in [2.05, 4.69) is 15.4 Å². The summed E-state index contributed by atoms with van der Waals surface area (Å²) in [6.07, 6.45) is -0.0606. The molecular weight excluding hydrogens is 422 g/mol. The minimum absolute atomic E-state index is 0.0606. The predicted octanol–water partition coefficient (Wildman–Crippen LogP) is 4.94. The molecule has 9 heteroatoms. The molecule has 0 saturated carbocycles. The van der Waals surface area contributed by atoms with Crippen LogP contribution in [-0.4, -0.2) is 27.3 Å². The van der Waals surface area contributed by atoms with Gasteiger partial charge in [-0.25, -0.2) is 13.8 Å². The first kappa shape index (κ1) is 19.6. The van der Waals surface area contributed by atoms with Gasteiger partial charge in [0.2, 0.25) is 11.0 Å². The van der Waals surface area contributed by atoms with Gasteiger partial charge in [-0.2, -0.15) is 9.78 Å². The second kappa shape index (κ2) is 7.42. The lowest BCUT2D eigenvalue weighted by molar-refractivity contribution is -0.116. The Kier molecular flexibility index (Phi) is 4.70. The van der Waals surface area contributed by atoms with Crippen LogP contribution < -0.4 is 10.1 Å². The van der Waals surface area contributed by atoms with E-state index in [-0.39, 0.29) is 17.9 Å². The molecule has 158 valence electrons. The Labute approximate surface area is 180 Å². The number of thiazole rings is 1. The summed E-state index contributed by atoms with van der Waals surface area (Å²) >= 11 is 1.39. The second-order valence-corrected chi connectivity index (χ2v) is 8.27. The maximum absolute atomic E-state index is 14.5.